The quantitative estimate of drug-likeness (QED) is 0.866. The number of carbonyl (C=O) groups is 1. The zero-order valence-corrected chi connectivity index (χ0v) is 10.8. The summed E-state index contributed by atoms with van der Waals surface area (Å²) in [5.41, 5.74) is 7.18. The van der Waals surface area contributed by atoms with E-state index < -0.39 is 0 Å². The first-order valence-corrected chi connectivity index (χ1v) is 6.77. The van der Waals surface area contributed by atoms with E-state index in [0.29, 0.717) is 6.54 Å². The molecule has 1 aliphatic carbocycles. The van der Waals surface area contributed by atoms with Gasteiger partial charge in [0.2, 0.25) is 5.91 Å². The fourth-order valence-electron chi connectivity index (χ4n) is 3.30. The van der Waals surface area contributed by atoms with Crippen LogP contribution in [-0.4, -0.2) is 23.4 Å². The van der Waals surface area contributed by atoms with Gasteiger partial charge in [0.05, 0.1) is 11.5 Å². The Hall–Kier alpha value is -1.35. The molecule has 3 rings (SSSR count). The summed E-state index contributed by atoms with van der Waals surface area (Å²) in [4.78, 5) is 14.6. The molecule has 0 aromatic heterocycles. The zero-order valence-electron chi connectivity index (χ0n) is 10.8. The molecule has 2 N–H and O–H groups in total. The molecule has 0 bridgehead atoms. The Morgan fingerprint density at radius 1 is 1.33 bits per heavy atom. The van der Waals surface area contributed by atoms with Gasteiger partial charge in [-0.25, -0.2) is 0 Å². The molecular formula is C15H20N2O. The molecule has 96 valence electrons. The smallest absolute Gasteiger partial charge is 0.230 e. The molecule has 1 aromatic rings. The molecule has 1 amide bonds. The molecule has 2 atom stereocenters. The Kier molecular flexibility index (Phi) is 2.67. The van der Waals surface area contributed by atoms with Gasteiger partial charge < -0.3 is 10.6 Å². The van der Waals surface area contributed by atoms with Crippen LogP contribution in [0, 0.1) is 5.41 Å². The van der Waals surface area contributed by atoms with Crippen LogP contribution in [-0.2, 0) is 4.79 Å². The highest BCUT2D eigenvalue weighted by atomic mass is 16.2. The SMILES string of the molecule is C[C@H](c1ccccc1)N1C[C@H](N)C2(CCC2)C1=O. The lowest BCUT2D eigenvalue weighted by molar-refractivity contribution is -0.142. The molecule has 1 aliphatic heterocycles. The van der Waals surface area contributed by atoms with E-state index in [1.54, 1.807) is 0 Å². The predicted molar refractivity (Wildman–Crippen MR) is 70.8 cm³/mol. The monoisotopic (exact) mass is 244 g/mol. The van der Waals surface area contributed by atoms with Crippen LogP contribution in [0.3, 0.4) is 0 Å². The van der Waals surface area contributed by atoms with Gasteiger partial charge in [0, 0.05) is 12.6 Å². The highest BCUT2D eigenvalue weighted by Crippen LogP contribution is 2.49. The number of carbonyl (C=O) groups excluding carboxylic acids is 1. The van der Waals surface area contributed by atoms with Gasteiger partial charge in [-0.2, -0.15) is 0 Å². The Morgan fingerprint density at radius 2 is 2.00 bits per heavy atom. The molecule has 18 heavy (non-hydrogen) atoms. The lowest BCUT2D eigenvalue weighted by Crippen LogP contribution is -2.48. The van der Waals surface area contributed by atoms with Crippen LogP contribution in [0.1, 0.15) is 37.8 Å². The first-order valence-electron chi connectivity index (χ1n) is 6.77. The summed E-state index contributed by atoms with van der Waals surface area (Å²) in [5.74, 6) is 0.276. The maximum Gasteiger partial charge on any atom is 0.230 e. The molecule has 1 aromatic carbocycles. The second-order valence-electron chi connectivity index (χ2n) is 5.66. The topological polar surface area (TPSA) is 46.3 Å². The lowest BCUT2D eigenvalue weighted by Gasteiger charge is -2.39. The summed E-state index contributed by atoms with van der Waals surface area (Å²) in [7, 11) is 0. The van der Waals surface area contributed by atoms with Crippen LogP contribution < -0.4 is 5.73 Å². The lowest BCUT2D eigenvalue weighted by atomic mass is 9.65. The van der Waals surface area contributed by atoms with Gasteiger partial charge in [0.1, 0.15) is 0 Å². The third-order valence-corrected chi connectivity index (χ3v) is 4.79. The highest BCUT2D eigenvalue weighted by molar-refractivity contribution is 5.87. The van der Waals surface area contributed by atoms with E-state index in [-0.39, 0.29) is 23.4 Å². The van der Waals surface area contributed by atoms with Gasteiger partial charge in [0.15, 0.2) is 0 Å². The van der Waals surface area contributed by atoms with E-state index in [1.165, 1.54) is 5.56 Å². The summed E-state index contributed by atoms with van der Waals surface area (Å²) in [6.45, 7) is 2.80. The maximum atomic E-state index is 12.6. The number of benzene rings is 1. The van der Waals surface area contributed by atoms with E-state index in [0.717, 1.165) is 19.3 Å². The average molecular weight is 244 g/mol. The van der Waals surface area contributed by atoms with Crippen molar-refractivity contribution in [2.45, 2.75) is 38.3 Å². The first kappa shape index (κ1) is 11.7. The molecule has 1 saturated heterocycles. The largest absolute Gasteiger partial charge is 0.334 e. The predicted octanol–water partition coefficient (Wildman–Crippen LogP) is 2.09. The van der Waals surface area contributed by atoms with Gasteiger partial charge in [-0.05, 0) is 25.3 Å². The minimum atomic E-state index is -0.219. The van der Waals surface area contributed by atoms with Crippen molar-refractivity contribution in [2.24, 2.45) is 11.1 Å². The standard InChI is InChI=1S/C15H20N2O/c1-11(12-6-3-2-4-7-12)17-10-13(16)15(14(17)18)8-5-9-15/h2-4,6-7,11,13H,5,8-10,16H2,1H3/t11-,13+/m1/s1. The molecule has 0 unspecified atom stereocenters. The molecule has 3 nitrogen and oxygen atoms in total. The molecule has 0 radical (unpaired) electrons. The summed E-state index contributed by atoms with van der Waals surface area (Å²) in [5, 5.41) is 0. The van der Waals surface area contributed by atoms with E-state index in [1.807, 2.05) is 23.1 Å². The third kappa shape index (κ3) is 1.50. The van der Waals surface area contributed by atoms with Crippen LogP contribution in [0.2, 0.25) is 0 Å². The van der Waals surface area contributed by atoms with Crippen molar-refractivity contribution in [3.63, 3.8) is 0 Å². The van der Waals surface area contributed by atoms with Gasteiger partial charge >= 0.3 is 0 Å². The molecule has 2 fully saturated rings. The van der Waals surface area contributed by atoms with Crippen LogP contribution in [0.25, 0.3) is 0 Å². The number of amides is 1. The average Bonchev–Trinajstić information content (AvgIpc) is 2.61. The van der Waals surface area contributed by atoms with E-state index in [4.69, 9.17) is 5.73 Å². The van der Waals surface area contributed by atoms with Gasteiger partial charge in [-0.15, -0.1) is 0 Å². The van der Waals surface area contributed by atoms with Gasteiger partial charge in [0.25, 0.3) is 0 Å². The number of likely N-dealkylation sites (tertiary alicyclic amines) is 1. The molecule has 1 heterocycles. The second-order valence-corrected chi connectivity index (χ2v) is 5.66. The molecular weight excluding hydrogens is 224 g/mol. The molecule has 3 heteroatoms. The van der Waals surface area contributed by atoms with Gasteiger partial charge in [-0.3, -0.25) is 4.79 Å². The number of rotatable bonds is 2. The van der Waals surface area contributed by atoms with Crippen molar-refractivity contribution < 1.29 is 4.79 Å². The minimum Gasteiger partial charge on any atom is -0.334 e. The highest BCUT2D eigenvalue weighted by Gasteiger charge is 2.56. The number of hydrogen-bond donors (Lipinski definition) is 1. The van der Waals surface area contributed by atoms with Crippen molar-refractivity contribution in [1.82, 2.24) is 4.90 Å². The summed E-state index contributed by atoms with van der Waals surface area (Å²) in [6.07, 6.45) is 3.10. The zero-order chi connectivity index (χ0) is 12.8. The number of hydrogen-bond acceptors (Lipinski definition) is 2. The summed E-state index contributed by atoms with van der Waals surface area (Å²) < 4.78 is 0. The van der Waals surface area contributed by atoms with Crippen LogP contribution >= 0.6 is 0 Å². The Bertz CT molecular complexity index is 453. The minimum absolute atomic E-state index is 0.0184. The van der Waals surface area contributed by atoms with E-state index in [9.17, 15) is 4.79 Å². The second kappa shape index (κ2) is 4.09. The summed E-state index contributed by atoms with van der Waals surface area (Å²) in [6, 6.07) is 10.3. The number of nitrogens with two attached hydrogens (primary N) is 1. The first-order chi connectivity index (χ1) is 8.65. The molecule has 1 saturated carbocycles. The van der Waals surface area contributed by atoms with Crippen molar-refractivity contribution >= 4 is 5.91 Å². The van der Waals surface area contributed by atoms with Crippen LogP contribution in [0.5, 0.6) is 0 Å². The van der Waals surface area contributed by atoms with E-state index in [2.05, 4.69) is 19.1 Å². The molecule has 1 spiro atoms. The summed E-state index contributed by atoms with van der Waals surface area (Å²) >= 11 is 0. The van der Waals surface area contributed by atoms with Crippen molar-refractivity contribution in [1.29, 1.82) is 0 Å². The van der Waals surface area contributed by atoms with Gasteiger partial charge in [-0.1, -0.05) is 36.8 Å². The number of nitrogens with zero attached hydrogens (tertiary/aromatic N) is 1. The van der Waals surface area contributed by atoms with Crippen molar-refractivity contribution in [2.75, 3.05) is 6.54 Å². The fraction of sp³-hybridized carbons (Fsp3) is 0.533. The van der Waals surface area contributed by atoms with E-state index >= 15 is 0 Å². The Morgan fingerprint density at radius 3 is 2.50 bits per heavy atom. The van der Waals surface area contributed by atoms with Crippen molar-refractivity contribution in [3.05, 3.63) is 35.9 Å². The normalized spacial score (nSPS) is 27.3. The van der Waals surface area contributed by atoms with Crippen molar-refractivity contribution in [3.8, 4) is 0 Å². The molecule has 2 aliphatic rings. The Labute approximate surface area is 108 Å². The van der Waals surface area contributed by atoms with Crippen LogP contribution in [0.15, 0.2) is 30.3 Å². The van der Waals surface area contributed by atoms with Crippen LogP contribution in [0.4, 0.5) is 0 Å². The fourth-order valence-corrected chi connectivity index (χ4v) is 3.30. The maximum absolute atomic E-state index is 12.6. The third-order valence-electron chi connectivity index (χ3n) is 4.79. The Balaban J connectivity index is 1.84.